The van der Waals surface area contributed by atoms with E-state index in [2.05, 4.69) is 10.4 Å². The van der Waals surface area contributed by atoms with Crippen molar-refractivity contribution in [2.75, 3.05) is 19.8 Å². The van der Waals surface area contributed by atoms with Gasteiger partial charge in [0, 0.05) is 32.0 Å². The molecule has 2 aromatic rings. The first-order valence-electron chi connectivity index (χ1n) is 8.73. The maximum absolute atomic E-state index is 12.8. The van der Waals surface area contributed by atoms with Gasteiger partial charge in [0.25, 0.3) is 0 Å². The number of ether oxygens (including phenoxy) is 1. The lowest BCUT2D eigenvalue weighted by atomic mass is 9.79. The number of nitrogens with one attached hydrogen (secondary N) is 1. The fourth-order valence-electron chi connectivity index (χ4n) is 3.39. The number of nitrogens with two attached hydrogens (primary N) is 1. The number of carbonyl (C=O) groups is 1. The summed E-state index contributed by atoms with van der Waals surface area (Å²) in [5, 5.41) is 7.64. The number of amides is 1. The fraction of sp³-hybridized carbons (Fsp3) is 0.474. The average Bonchev–Trinajstić information content (AvgIpc) is 2.98. The number of nitrogens with zero attached hydrogens (tertiary/aromatic N) is 2. The second-order valence-electron chi connectivity index (χ2n) is 6.75. The van der Waals surface area contributed by atoms with Crippen LogP contribution >= 0.6 is 0 Å². The molecular weight excluding hydrogens is 316 g/mol. The molecule has 1 aromatic heterocycles. The highest BCUT2D eigenvalue weighted by atomic mass is 16.5. The largest absolute Gasteiger partial charge is 0.381 e. The quantitative estimate of drug-likeness (QED) is 0.869. The van der Waals surface area contributed by atoms with Crippen LogP contribution in [-0.2, 0) is 16.1 Å². The first kappa shape index (κ1) is 17.6. The lowest BCUT2D eigenvalue weighted by Crippen LogP contribution is -2.49. The van der Waals surface area contributed by atoms with Crippen molar-refractivity contribution in [3.05, 3.63) is 47.3 Å². The summed E-state index contributed by atoms with van der Waals surface area (Å²) in [4.78, 5) is 12.8. The Morgan fingerprint density at radius 3 is 2.68 bits per heavy atom. The molecule has 0 unspecified atom stereocenters. The summed E-state index contributed by atoms with van der Waals surface area (Å²) in [6, 6.07) is 10.0. The fourth-order valence-corrected chi connectivity index (χ4v) is 3.39. The maximum atomic E-state index is 12.8. The molecule has 2 heterocycles. The van der Waals surface area contributed by atoms with Gasteiger partial charge in [-0.05, 0) is 44.4 Å². The van der Waals surface area contributed by atoms with Gasteiger partial charge in [-0.1, -0.05) is 18.2 Å². The van der Waals surface area contributed by atoms with E-state index in [1.165, 1.54) is 0 Å². The molecule has 1 aliphatic rings. The molecule has 6 heteroatoms. The highest BCUT2D eigenvalue weighted by molar-refractivity contribution is 5.83. The van der Waals surface area contributed by atoms with Crippen LogP contribution in [0.25, 0.3) is 5.69 Å². The highest BCUT2D eigenvalue weighted by Gasteiger charge is 2.38. The molecule has 1 saturated heterocycles. The zero-order valence-electron chi connectivity index (χ0n) is 14.9. The molecule has 0 radical (unpaired) electrons. The van der Waals surface area contributed by atoms with Crippen LogP contribution < -0.4 is 11.1 Å². The molecule has 1 amide bonds. The third kappa shape index (κ3) is 3.60. The number of hydrogen-bond acceptors (Lipinski definition) is 4. The lowest BCUT2D eigenvalue weighted by molar-refractivity contribution is -0.136. The van der Waals surface area contributed by atoms with Crippen molar-refractivity contribution < 1.29 is 9.53 Å². The van der Waals surface area contributed by atoms with E-state index in [9.17, 15) is 4.79 Å². The number of para-hydroxylation sites is 1. The summed E-state index contributed by atoms with van der Waals surface area (Å²) in [6.07, 6.45) is 1.35. The molecule has 3 N–H and O–H groups in total. The Morgan fingerprint density at radius 2 is 2.04 bits per heavy atom. The van der Waals surface area contributed by atoms with Gasteiger partial charge in [0.15, 0.2) is 0 Å². The minimum absolute atomic E-state index is 0.0153. The molecule has 6 nitrogen and oxygen atoms in total. The number of rotatable bonds is 5. The third-order valence-corrected chi connectivity index (χ3v) is 4.99. The second-order valence-corrected chi connectivity index (χ2v) is 6.75. The maximum Gasteiger partial charge on any atom is 0.227 e. The van der Waals surface area contributed by atoms with Crippen LogP contribution in [0.2, 0.25) is 0 Å². The van der Waals surface area contributed by atoms with Crippen molar-refractivity contribution in [2.24, 2.45) is 11.1 Å². The summed E-state index contributed by atoms with van der Waals surface area (Å²) >= 11 is 0. The van der Waals surface area contributed by atoms with E-state index in [4.69, 9.17) is 10.5 Å². The smallest absolute Gasteiger partial charge is 0.227 e. The predicted octanol–water partition coefficient (Wildman–Crippen LogP) is 1.86. The van der Waals surface area contributed by atoms with E-state index in [-0.39, 0.29) is 5.91 Å². The topological polar surface area (TPSA) is 82.2 Å². The number of hydrogen-bond donors (Lipinski definition) is 2. The Hall–Kier alpha value is -2.18. The van der Waals surface area contributed by atoms with Gasteiger partial charge in [0.05, 0.1) is 16.8 Å². The van der Waals surface area contributed by atoms with Crippen LogP contribution in [0.5, 0.6) is 0 Å². The van der Waals surface area contributed by atoms with Gasteiger partial charge in [0.1, 0.15) is 0 Å². The van der Waals surface area contributed by atoms with E-state index < -0.39 is 5.41 Å². The summed E-state index contributed by atoms with van der Waals surface area (Å²) in [5.74, 6) is 0.0153. The Balaban J connectivity index is 1.78. The molecule has 0 spiro atoms. The average molecular weight is 342 g/mol. The van der Waals surface area contributed by atoms with E-state index in [1.807, 2.05) is 48.9 Å². The molecule has 25 heavy (non-hydrogen) atoms. The molecule has 0 atom stereocenters. The minimum atomic E-state index is -0.509. The molecule has 1 aliphatic heterocycles. The number of aryl methyl sites for hydroxylation is 2. The molecule has 1 aromatic carbocycles. The van der Waals surface area contributed by atoms with Crippen LogP contribution in [0, 0.1) is 19.3 Å². The zero-order chi connectivity index (χ0) is 17.9. The summed E-state index contributed by atoms with van der Waals surface area (Å²) in [5.41, 5.74) is 9.47. The molecule has 0 aliphatic carbocycles. The molecule has 134 valence electrons. The first-order chi connectivity index (χ1) is 12.1. The van der Waals surface area contributed by atoms with Crippen LogP contribution in [0.3, 0.4) is 0 Å². The van der Waals surface area contributed by atoms with Gasteiger partial charge in [-0.2, -0.15) is 5.10 Å². The Morgan fingerprint density at radius 1 is 1.32 bits per heavy atom. The predicted molar refractivity (Wildman–Crippen MR) is 96.4 cm³/mol. The Labute approximate surface area is 148 Å². The molecule has 1 fully saturated rings. The number of aromatic nitrogens is 2. The molecule has 0 bridgehead atoms. The van der Waals surface area contributed by atoms with Gasteiger partial charge < -0.3 is 15.8 Å². The van der Waals surface area contributed by atoms with E-state index >= 15 is 0 Å². The van der Waals surface area contributed by atoms with Gasteiger partial charge in [-0.25, -0.2) is 4.68 Å². The summed E-state index contributed by atoms with van der Waals surface area (Å²) in [6.45, 7) is 5.99. The monoisotopic (exact) mass is 342 g/mol. The van der Waals surface area contributed by atoms with Crippen molar-refractivity contribution >= 4 is 5.91 Å². The molecular formula is C19H26N4O2. The van der Waals surface area contributed by atoms with Crippen LogP contribution in [0.1, 0.15) is 29.8 Å². The Kier molecular flexibility index (Phi) is 5.20. The van der Waals surface area contributed by atoms with E-state index in [1.54, 1.807) is 0 Å². The number of carbonyl (C=O) groups excluding carboxylic acids is 1. The SMILES string of the molecule is Cc1cc(C)n(-c2ccccc2CNC(=O)C2(CN)CCOCC2)n1. The van der Waals surface area contributed by atoms with E-state index in [0.717, 1.165) is 22.6 Å². The standard InChI is InChI=1S/C19H26N4O2/c1-14-11-15(2)23(22-14)17-6-4-3-5-16(17)12-21-18(24)19(13-20)7-9-25-10-8-19/h3-6,11H,7-10,12-13,20H2,1-2H3,(H,21,24). The van der Waals surface area contributed by atoms with Crippen molar-refractivity contribution in [1.82, 2.24) is 15.1 Å². The second kappa shape index (κ2) is 7.37. The third-order valence-electron chi connectivity index (χ3n) is 4.99. The summed E-state index contributed by atoms with van der Waals surface area (Å²) < 4.78 is 7.31. The van der Waals surface area contributed by atoms with Crippen molar-refractivity contribution in [2.45, 2.75) is 33.2 Å². The minimum Gasteiger partial charge on any atom is -0.381 e. The highest BCUT2D eigenvalue weighted by Crippen LogP contribution is 2.29. The molecule has 3 rings (SSSR count). The normalized spacial score (nSPS) is 16.6. The van der Waals surface area contributed by atoms with Gasteiger partial charge in [-0.3, -0.25) is 4.79 Å². The van der Waals surface area contributed by atoms with Crippen LogP contribution in [-0.4, -0.2) is 35.4 Å². The van der Waals surface area contributed by atoms with Crippen LogP contribution in [0.15, 0.2) is 30.3 Å². The van der Waals surface area contributed by atoms with Crippen molar-refractivity contribution in [3.63, 3.8) is 0 Å². The van der Waals surface area contributed by atoms with Crippen LogP contribution in [0.4, 0.5) is 0 Å². The van der Waals surface area contributed by atoms with Gasteiger partial charge >= 0.3 is 0 Å². The lowest BCUT2D eigenvalue weighted by Gasteiger charge is -2.34. The van der Waals surface area contributed by atoms with Crippen molar-refractivity contribution in [1.29, 1.82) is 0 Å². The first-order valence-corrected chi connectivity index (χ1v) is 8.73. The zero-order valence-corrected chi connectivity index (χ0v) is 14.9. The van der Waals surface area contributed by atoms with Crippen molar-refractivity contribution in [3.8, 4) is 5.69 Å². The van der Waals surface area contributed by atoms with Gasteiger partial charge in [-0.15, -0.1) is 0 Å². The molecule has 0 saturated carbocycles. The summed E-state index contributed by atoms with van der Waals surface area (Å²) in [7, 11) is 0. The number of benzene rings is 1. The van der Waals surface area contributed by atoms with E-state index in [0.29, 0.717) is 39.1 Å². The van der Waals surface area contributed by atoms with Gasteiger partial charge in [0.2, 0.25) is 5.91 Å². The Bertz CT molecular complexity index is 748.